The first-order chi connectivity index (χ1) is 16.2. The molecule has 2 fully saturated rings. The standard InChI is InChI=1S/C23H27ClF2N4O3S/c1-27-11-13-28(14-12-27)23(31)29-10-2-3-19(16-29)30(22-15-18(25)6-9-21(22)26)34(32,33)20-7-4-17(24)5-8-20/h4-9,15,19H,2-3,10-14,16H2,1H3. The number of rotatable bonds is 4. The van der Waals surface area contributed by atoms with Crippen molar-refractivity contribution < 1.29 is 22.0 Å². The summed E-state index contributed by atoms with van der Waals surface area (Å²) in [5, 5.41) is 0.351. The molecule has 4 rings (SSSR count). The number of urea groups is 1. The van der Waals surface area contributed by atoms with Gasteiger partial charge in [-0.25, -0.2) is 22.0 Å². The van der Waals surface area contributed by atoms with E-state index in [1.807, 2.05) is 7.05 Å². The molecular weight excluding hydrogens is 486 g/mol. The SMILES string of the molecule is CN1CCN(C(=O)N2CCCC(N(c3cc(F)ccc3F)S(=O)(=O)c3ccc(Cl)cc3)C2)CC1. The van der Waals surface area contributed by atoms with E-state index < -0.39 is 27.7 Å². The van der Waals surface area contributed by atoms with Crippen LogP contribution in [0.25, 0.3) is 0 Å². The van der Waals surface area contributed by atoms with Gasteiger partial charge in [-0.2, -0.15) is 0 Å². The monoisotopic (exact) mass is 512 g/mol. The molecule has 2 aromatic carbocycles. The zero-order valence-corrected chi connectivity index (χ0v) is 20.4. The van der Waals surface area contributed by atoms with Gasteiger partial charge in [0.25, 0.3) is 10.0 Å². The highest BCUT2D eigenvalue weighted by molar-refractivity contribution is 7.92. The van der Waals surface area contributed by atoms with Crippen LogP contribution in [0, 0.1) is 11.6 Å². The maximum Gasteiger partial charge on any atom is 0.320 e. The third-order valence-corrected chi connectivity index (χ3v) is 8.42. The molecule has 2 aromatic rings. The molecule has 1 atom stereocenters. The summed E-state index contributed by atoms with van der Waals surface area (Å²) in [6.07, 6.45) is 0.934. The van der Waals surface area contributed by atoms with Gasteiger partial charge in [0.15, 0.2) is 0 Å². The van der Waals surface area contributed by atoms with Crippen molar-refractivity contribution in [2.75, 3.05) is 50.6 Å². The van der Waals surface area contributed by atoms with E-state index in [0.717, 1.165) is 35.6 Å². The van der Waals surface area contributed by atoms with Gasteiger partial charge in [0.05, 0.1) is 16.6 Å². The molecule has 2 saturated heterocycles. The van der Waals surface area contributed by atoms with Crippen LogP contribution in [0.3, 0.4) is 0 Å². The number of piperidine rings is 1. The van der Waals surface area contributed by atoms with Crippen LogP contribution in [-0.4, -0.2) is 81.5 Å². The van der Waals surface area contributed by atoms with Crippen molar-refractivity contribution in [1.82, 2.24) is 14.7 Å². The average Bonchev–Trinajstić information content (AvgIpc) is 2.82. The van der Waals surface area contributed by atoms with Crippen LogP contribution >= 0.6 is 11.6 Å². The maximum absolute atomic E-state index is 14.9. The van der Waals surface area contributed by atoms with E-state index in [-0.39, 0.29) is 23.2 Å². The lowest BCUT2D eigenvalue weighted by Gasteiger charge is -2.42. The quantitative estimate of drug-likeness (QED) is 0.627. The molecule has 0 radical (unpaired) electrons. The number of likely N-dealkylation sites (N-methyl/N-ethyl adjacent to an activating group) is 1. The molecule has 0 bridgehead atoms. The van der Waals surface area contributed by atoms with E-state index >= 15 is 0 Å². The number of anilines is 1. The lowest BCUT2D eigenvalue weighted by Crippen LogP contribution is -2.57. The van der Waals surface area contributed by atoms with Crippen molar-refractivity contribution in [3.63, 3.8) is 0 Å². The molecular formula is C23H27ClF2N4O3S. The van der Waals surface area contributed by atoms with Gasteiger partial charge >= 0.3 is 6.03 Å². The molecule has 2 aliphatic heterocycles. The molecule has 34 heavy (non-hydrogen) atoms. The van der Waals surface area contributed by atoms with Gasteiger partial charge in [0.2, 0.25) is 0 Å². The van der Waals surface area contributed by atoms with Crippen molar-refractivity contribution in [1.29, 1.82) is 0 Å². The fourth-order valence-corrected chi connectivity index (χ4v) is 6.21. The Kier molecular flexibility index (Phi) is 7.30. The summed E-state index contributed by atoms with van der Waals surface area (Å²) in [5.41, 5.74) is -0.381. The summed E-state index contributed by atoms with van der Waals surface area (Å²) in [7, 11) is -2.29. The lowest BCUT2D eigenvalue weighted by molar-refractivity contribution is 0.113. The number of carbonyl (C=O) groups is 1. The van der Waals surface area contributed by atoms with Crippen molar-refractivity contribution in [2.45, 2.75) is 23.8 Å². The molecule has 2 amide bonds. The second-order valence-corrected chi connectivity index (χ2v) is 10.9. The normalized spacial score (nSPS) is 19.8. The van der Waals surface area contributed by atoms with Crippen LogP contribution in [0.5, 0.6) is 0 Å². The number of carbonyl (C=O) groups excluding carboxylic acids is 1. The van der Waals surface area contributed by atoms with E-state index in [1.54, 1.807) is 9.80 Å². The van der Waals surface area contributed by atoms with Gasteiger partial charge in [-0.15, -0.1) is 0 Å². The fourth-order valence-electron chi connectivity index (χ4n) is 4.41. The van der Waals surface area contributed by atoms with Crippen LogP contribution in [-0.2, 0) is 10.0 Å². The largest absolute Gasteiger partial charge is 0.323 e. The summed E-state index contributed by atoms with van der Waals surface area (Å²) < 4.78 is 57.3. The Morgan fingerprint density at radius 3 is 2.35 bits per heavy atom. The number of hydrogen-bond donors (Lipinski definition) is 0. The fraction of sp³-hybridized carbons (Fsp3) is 0.435. The molecule has 1 unspecified atom stereocenters. The Morgan fingerprint density at radius 2 is 1.68 bits per heavy atom. The summed E-state index contributed by atoms with van der Waals surface area (Å²) in [5.74, 6) is -1.62. The number of nitrogens with zero attached hydrogens (tertiary/aromatic N) is 4. The topological polar surface area (TPSA) is 64.2 Å². The third-order valence-electron chi connectivity index (χ3n) is 6.29. The van der Waals surface area contributed by atoms with Gasteiger partial charge in [0.1, 0.15) is 11.6 Å². The molecule has 0 spiro atoms. The first-order valence-corrected chi connectivity index (χ1v) is 13.0. The minimum absolute atomic E-state index is 0.0773. The van der Waals surface area contributed by atoms with Crippen LogP contribution in [0.1, 0.15) is 12.8 Å². The lowest BCUT2D eigenvalue weighted by atomic mass is 10.1. The minimum Gasteiger partial charge on any atom is -0.323 e. The highest BCUT2D eigenvalue weighted by Gasteiger charge is 2.38. The Hall–Kier alpha value is -2.43. The van der Waals surface area contributed by atoms with Gasteiger partial charge < -0.3 is 14.7 Å². The summed E-state index contributed by atoms with van der Waals surface area (Å²) >= 11 is 5.92. The van der Waals surface area contributed by atoms with E-state index in [9.17, 15) is 22.0 Å². The van der Waals surface area contributed by atoms with Crippen LogP contribution in [0.15, 0.2) is 47.4 Å². The molecule has 0 aromatic heterocycles. The Balaban J connectivity index is 1.68. The molecule has 11 heteroatoms. The number of likely N-dealkylation sites (tertiary alicyclic amines) is 1. The minimum atomic E-state index is -4.28. The van der Waals surface area contributed by atoms with Crippen molar-refractivity contribution >= 4 is 33.3 Å². The first-order valence-electron chi connectivity index (χ1n) is 11.1. The Morgan fingerprint density at radius 1 is 1.00 bits per heavy atom. The van der Waals surface area contributed by atoms with Gasteiger partial charge in [-0.1, -0.05) is 11.6 Å². The Bertz CT molecular complexity index is 1140. The van der Waals surface area contributed by atoms with Crippen molar-refractivity contribution in [3.05, 3.63) is 59.1 Å². The molecule has 0 saturated carbocycles. The van der Waals surface area contributed by atoms with Gasteiger partial charge in [-0.3, -0.25) is 4.31 Å². The molecule has 0 aliphatic carbocycles. The van der Waals surface area contributed by atoms with Crippen molar-refractivity contribution in [2.24, 2.45) is 0 Å². The van der Waals surface area contributed by atoms with Gasteiger partial charge in [-0.05, 0) is 56.3 Å². The van der Waals surface area contributed by atoms with Crippen molar-refractivity contribution in [3.8, 4) is 0 Å². The number of benzene rings is 2. The van der Waals surface area contributed by atoms with E-state index in [2.05, 4.69) is 4.90 Å². The van der Waals surface area contributed by atoms with E-state index in [0.29, 0.717) is 37.5 Å². The molecule has 184 valence electrons. The number of hydrogen-bond acceptors (Lipinski definition) is 4. The van der Waals surface area contributed by atoms with Gasteiger partial charge in [0, 0.05) is 50.4 Å². The highest BCUT2D eigenvalue weighted by Crippen LogP contribution is 2.33. The number of amides is 2. The zero-order chi connectivity index (χ0) is 24.5. The van der Waals surface area contributed by atoms with Crippen LogP contribution < -0.4 is 4.31 Å². The van der Waals surface area contributed by atoms with Crippen LogP contribution in [0.2, 0.25) is 5.02 Å². The summed E-state index contributed by atoms with van der Waals surface area (Å²) in [4.78, 5) is 18.6. The highest BCUT2D eigenvalue weighted by atomic mass is 35.5. The average molecular weight is 513 g/mol. The van der Waals surface area contributed by atoms with E-state index in [4.69, 9.17) is 11.6 Å². The Labute approximate surface area is 203 Å². The van der Waals surface area contributed by atoms with E-state index in [1.165, 1.54) is 24.3 Å². The predicted octanol–water partition coefficient (Wildman–Crippen LogP) is 3.65. The third kappa shape index (κ3) is 5.13. The predicted molar refractivity (Wildman–Crippen MR) is 127 cm³/mol. The first kappa shape index (κ1) is 24.7. The number of piperazine rings is 1. The number of sulfonamides is 1. The zero-order valence-electron chi connectivity index (χ0n) is 18.8. The molecule has 2 aliphatic rings. The molecule has 2 heterocycles. The summed E-state index contributed by atoms with van der Waals surface area (Å²) in [6.45, 7) is 3.24. The summed E-state index contributed by atoms with van der Waals surface area (Å²) in [6, 6.07) is 7.32. The smallest absolute Gasteiger partial charge is 0.320 e. The van der Waals surface area contributed by atoms with Crippen LogP contribution in [0.4, 0.5) is 19.3 Å². The second kappa shape index (κ2) is 10.1. The molecule has 0 N–H and O–H groups in total. The second-order valence-electron chi connectivity index (χ2n) is 8.67. The molecule has 7 nitrogen and oxygen atoms in total. The number of halogens is 3. The maximum atomic E-state index is 14.9.